The number of phenolic OH excluding ortho intramolecular Hbond substituents is 10. The predicted octanol–water partition coefficient (Wildman–Crippen LogP) is 5.98. The Labute approximate surface area is 397 Å². The van der Waals surface area contributed by atoms with Crippen LogP contribution >= 0.6 is 27.5 Å². The molecule has 24 nitrogen and oxygen atoms in total. The highest BCUT2D eigenvalue weighted by atomic mass is 79.9. The van der Waals surface area contributed by atoms with Crippen LogP contribution in [0.5, 0.6) is 57.5 Å². The Morgan fingerprint density at radius 1 is 0.588 bits per heavy atom. The van der Waals surface area contributed by atoms with E-state index in [1.54, 1.807) is 6.92 Å². The van der Waals surface area contributed by atoms with Gasteiger partial charge in [-0.2, -0.15) is 0 Å². The predicted molar refractivity (Wildman–Crippen MR) is 249 cm³/mol. The molecule has 68 heavy (non-hydrogen) atoms. The Kier molecular flexibility index (Phi) is 22.1. The molecule has 366 valence electrons. The second kappa shape index (κ2) is 25.1. The van der Waals surface area contributed by atoms with Gasteiger partial charge in [-0.3, -0.25) is 48.4 Å². The molecule has 28 heteroatoms. The number of benzene rings is 5. The number of rotatable bonds is 9. The summed E-state index contributed by atoms with van der Waals surface area (Å²) in [6.45, 7) is 1.57. The fraction of sp³-hybridized carbons (Fsp3) is 0.0750. The lowest BCUT2D eigenvalue weighted by atomic mass is 10.1. The number of phenols is 10. The first-order valence-corrected chi connectivity index (χ1v) is 21.9. The molecule has 0 aromatic heterocycles. The molecular formula is C40H38BrClN2O22S2. The quantitative estimate of drug-likeness (QED) is 0.0266. The van der Waals surface area contributed by atoms with Gasteiger partial charge in [0.15, 0.2) is 64.9 Å². The first-order valence-electron chi connectivity index (χ1n) is 16.9. The summed E-state index contributed by atoms with van der Waals surface area (Å²) in [5.41, 5.74) is -1.16. The summed E-state index contributed by atoms with van der Waals surface area (Å²) in [4.78, 5) is 70.3. The summed E-state index contributed by atoms with van der Waals surface area (Å²) in [7, 11) is -6.31. The molecule has 2 unspecified atom stereocenters. The van der Waals surface area contributed by atoms with Crippen LogP contribution in [-0.2, 0) is 19.3 Å². The number of aromatic hydroxyl groups is 10. The minimum absolute atomic E-state index is 0. The molecular weight excluding hydrogens is 1040 g/mol. The van der Waals surface area contributed by atoms with Gasteiger partial charge in [0.1, 0.15) is 27.3 Å². The van der Waals surface area contributed by atoms with Crippen LogP contribution in [0.25, 0.3) is 0 Å². The highest BCUT2D eigenvalue weighted by Gasteiger charge is 2.24. The highest BCUT2D eigenvalue weighted by Crippen LogP contribution is 2.43. The number of nitro benzene ring substituents is 2. The van der Waals surface area contributed by atoms with E-state index in [0.29, 0.717) is 30.7 Å². The Morgan fingerprint density at radius 2 is 1.04 bits per heavy atom. The number of carbonyl (C=O) groups is 5. The summed E-state index contributed by atoms with van der Waals surface area (Å²) in [6.07, 6.45) is 3.28. The van der Waals surface area contributed by atoms with Crippen molar-refractivity contribution in [2.24, 2.45) is 0 Å². The van der Waals surface area contributed by atoms with Crippen molar-refractivity contribution in [3.63, 3.8) is 0 Å². The Hall–Kier alpha value is -7.98. The number of aldehydes is 5. The maximum atomic E-state index is 11.5. The van der Waals surface area contributed by atoms with E-state index >= 15 is 0 Å². The average Bonchev–Trinajstić information content (AvgIpc) is 3.25. The zero-order valence-corrected chi connectivity index (χ0v) is 37.8. The maximum Gasteiger partial charge on any atom is 0.325 e. The molecule has 0 aliphatic carbocycles. The van der Waals surface area contributed by atoms with Crippen LogP contribution in [0.4, 0.5) is 11.4 Å². The van der Waals surface area contributed by atoms with Gasteiger partial charge in [-0.05, 0) is 92.1 Å². The zero-order chi connectivity index (χ0) is 52.0. The third-order valence-electron chi connectivity index (χ3n) is 7.81. The normalized spacial score (nSPS) is 11.6. The first-order chi connectivity index (χ1) is 30.9. The SMILES string of the molecule is C.C=S(=O)(O)c1cc(C=O)cc(O)c1O.C=S(C)(=O)c1cc(C=O)cc(O)c1O.Cc1cc(C=O)c(Cl)c(O)c1O.O=Cc1cc([N+](=O)[O-])c(O)c(O)c1Br.O=Cc1ccc(O)c(O)c1[N+](=O)[O-]. The maximum absolute atomic E-state index is 11.5. The van der Waals surface area contributed by atoms with E-state index in [2.05, 4.69) is 27.7 Å². The summed E-state index contributed by atoms with van der Waals surface area (Å²) in [5, 5.41) is 112. The fourth-order valence-corrected chi connectivity index (χ4v) is 6.76. The third-order valence-corrected chi connectivity index (χ3v) is 11.3. The molecule has 0 aliphatic heterocycles. The second-order valence-corrected chi connectivity index (χ2v) is 18.0. The largest absolute Gasteiger partial charge is 0.504 e. The van der Waals surface area contributed by atoms with Gasteiger partial charge in [-0.1, -0.05) is 19.0 Å². The number of nitro groups is 2. The van der Waals surface area contributed by atoms with Crippen LogP contribution in [-0.4, -0.2) is 123 Å². The molecule has 0 fully saturated rings. The fourth-order valence-electron chi connectivity index (χ4n) is 4.55. The molecule has 5 rings (SSSR count). The van der Waals surface area contributed by atoms with Gasteiger partial charge in [0.05, 0.1) is 29.8 Å². The molecule has 0 amide bonds. The number of halogens is 2. The van der Waals surface area contributed by atoms with Crippen molar-refractivity contribution >= 4 is 101 Å². The van der Waals surface area contributed by atoms with Crippen molar-refractivity contribution in [3.05, 3.63) is 112 Å². The van der Waals surface area contributed by atoms with E-state index in [1.165, 1.54) is 18.4 Å². The lowest BCUT2D eigenvalue weighted by Crippen LogP contribution is -1.99. The minimum atomic E-state index is -3.66. The van der Waals surface area contributed by atoms with Gasteiger partial charge in [-0.15, -0.1) is 0 Å². The van der Waals surface area contributed by atoms with Crippen molar-refractivity contribution in [2.75, 3.05) is 6.26 Å². The second-order valence-electron chi connectivity index (χ2n) is 12.7. The Morgan fingerprint density at radius 3 is 1.44 bits per heavy atom. The van der Waals surface area contributed by atoms with Gasteiger partial charge in [0.25, 0.3) is 0 Å². The van der Waals surface area contributed by atoms with E-state index in [0.717, 1.165) is 36.4 Å². The number of aryl methyl sites for hydroxylation is 1. The van der Waals surface area contributed by atoms with Gasteiger partial charge < -0.3 is 55.6 Å². The lowest BCUT2D eigenvalue weighted by molar-refractivity contribution is -0.386. The van der Waals surface area contributed by atoms with E-state index in [1.807, 2.05) is 0 Å². The average molecular weight is 1080 g/mol. The summed E-state index contributed by atoms with van der Waals surface area (Å²) in [5.74, 6) is 0.106. The number of hydrogen-bond acceptors (Lipinski definition) is 21. The van der Waals surface area contributed by atoms with Gasteiger partial charge in [0, 0.05) is 34.6 Å². The molecule has 11 N–H and O–H groups in total. The molecule has 0 heterocycles. The van der Waals surface area contributed by atoms with Gasteiger partial charge in [-0.25, -0.2) is 4.21 Å². The van der Waals surface area contributed by atoms with Gasteiger partial charge >= 0.3 is 11.4 Å². The zero-order valence-electron chi connectivity index (χ0n) is 33.8. The lowest BCUT2D eigenvalue weighted by Gasteiger charge is -2.07. The molecule has 5 aromatic carbocycles. The van der Waals surface area contributed by atoms with E-state index in [4.69, 9.17) is 46.8 Å². The number of carbonyl (C=O) groups excluding carboxylic acids is 5. The first kappa shape index (κ1) is 60.0. The van der Waals surface area contributed by atoms with Crippen LogP contribution in [0.15, 0.2) is 62.8 Å². The molecule has 0 saturated heterocycles. The highest BCUT2D eigenvalue weighted by molar-refractivity contribution is 9.10. The topological polar surface area (TPSA) is 428 Å². The van der Waals surface area contributed by atoms with Crippen molar-refractivity contribution < 1.29 is 97.9 Å². The summed E-state index contributed by atoms with van der Waals surface area (Å²) < 4.78 is 31.6. The van der Waals surface area contributed by atoms with E-state index in [-0.39, 0.29) is 61.7 Å². The third kappa shape index (κ3) is 15.3. The van der Waals surface area contributed by atoms with Crippen molar-refractivity contribution in [1.82, 2.24) is 0 Å². The minimum Gasteiger partial charge on any atom is -0.504 e. The smallest absolute Gasteiger partial charge is 0.325 e. The Bertz CT molecular complexity index is 2930. The molecule has 5 aromatic rings. The number of hydrogen-bond donors (Lipinski definition) is 11. The molecule has 0 radical (unpaired) electrons. The Balaban J connectivity index is 0.000000823. The van der Waals surface area contributed by atoms with Gasteiger partial charge in [0.2, 0.25) is 11.5 Å². The molecule has 0 aliphatic rings. The van der Waals surface area contributed by atoms with Crippen LogP contribution in [0, 0.1) is 27.2 Å². The van der Waals surface area contributed by atoms with Crippen LogP contribution in [0.2, 0.25) is 5.02 Å². The number of nitrogens with zero attached hydrogens (tertiary/aromatic N) is 2. The standard InChI is InChI=1S/C9H10O4S.C8H7ClO3.C8H8O5S.C7H4BrNO5.C7H5NO5.CH4/c1-14(2,13)8-4-6(5-10)3-7(11)9(8)12;1-4-2-5(3-10)6(9)8(12)7(4)11;1-14(12,13)7-3-5(4-9)2-6(10)8(7)11;8-5-3(2-10)1-4(9(13)14)6(11)7(5)12;9-3-4-1-2-5(10)7(11)6(4)8(12)13;/h3-5,11-12H,1H2,2H3;2-3,11-12H,1H3;2-4,10-11H,1H2,(H,12,13);1-2,11-12H;1-3,10-11H;1H4. The molecule has 0 spiro atoms. The van der Waals surface area contributed by atoms with E-state index < -0.39 is 97.2 Å². The van der Waals surface area contributed by atoms with Crippen LogP contribution in [0.3, 0.4) is 0 Å². The van der Waals surface area contributed by atoms with Crippen molar-refractivity contribution in [1.29, 1.82) is 0 Å². The van der Waals surface area contributed by atoms with E-state index in [9.17, 15) is 73.0 Å². The molecule has 2 atom stereocenters. The molecule has 0 bridgehead atoms. The monoisotopic (exact) mass is 1080 g/mol. The van der Waals surface area contributed by atoms with Crippen LogP contribution < -0.4 is 0 Å². The van der Waals surface area contributed by atoms with Crippen molar-refractivity contribution in [3.8, 4) is 57.5 Å². The van der Waals surface area contributed by atoms with Crippen molar-refractivity contribution in [2.45, 2.75) is 24.1 Å². The van der Waals surface area contributed by atoms with Crippen LogP contribution in [0.1, 0.15) is 64.8 Å². The summed E-state index contributed by atoms with van der Waals surface area (Å²) in [6, 6.07) is 8.66. The summed E-state index contributed by atoms with van der Waals surface area (Å²) >= 11 is 8.34. The molecule has 0 saturated carbocycles.